The third-order valence-corrected chi connectivity index (χ3v) is 3.22. The molecule has 0 aliphatic carbocycles. The Kier molecular flexibility index (Phi) is 5.44. The number of nitrogens with zero attached hydrogens (tertiary/aromatic N) is 1. The van der Waals surface area contributed by atoms with Gasteiger partial charge in [0.25, 0.3) is 0 Å². The summed E-state index contributed by atoms with van der Waals surface area (Å²) >= 11 is 0. The van der Waals surface area contributed by atoms with Crippen LogP contribution in [-0.2, 0) is 11.3 Å². The highest BCUT2D eigenvalue weighted by Gasteiger charge is 2.31. The van der Waals surface area contributed by atoms with Gasteiger partial charge in [-0.1, -0.05) is 12.1 Å². The molecule has 7 heteroatoms. The van der Waals surface area contributed by atoms with Crippen LogP contribution in [0.2, 0.25) is 0 Å². The standard InChI is InChI=1S/C14H19F3N2O2/c1-18-8-13-10-19(6-7-20-13)9-11-2-4-12(5-3-11)21-14(15,16)17/h2-5,13,18H,6-10H2,1H3. The van der Waals surface area contributed by atoms with E-state index in [1.54, 1.807) is 12.1 Å². The molecule has 1 saturated heterocycles. The molecule has 1 aromatic rings. The minimum atomic E-state index is -4.65. The van der Waals surface area contributed by atoms with Crippen molar-refractivity contribution in [2.75, 3.05) is 33.3 Å². The monoisotopic (exact) mass is 304 g/mol. The van der Waals surface area contributed by atoms with Crippen molar-refractivity contribution in [1.82, 2.24) is 10.2 Å². The number of likely N-dealkylation sites (N-methyl/N-ethyl adjacent to an activating group) is 1. The number of morpholine rings is 1. The average Bonchev–Trinajstić information content (AvgIpc) is 2.40. The van der Waals surface area contributed by atoms with Gasteiger partial charge in [-0.05, 0) is 24.7 Å². The van der Waals surface area contributed by atoms with Crippen molar-refractivity contribution in [3.8, 4) is 5.75 Å². The van der Waals surface area contributed by atoms with Crippen molar-refractivity contribution < 1.29 is 22.6 Å². The fourth-order valence-corrected chi connectivity index (χ4v) is 2.33. The van der Waals surface area contributed by atoms with Gasteiger partial charge in [0, 0.05) is 26.2 Å². The van der Waals surface area contributed by atoms with E-state index in [9.17, 15) is 13.2 Å². The topological polar surface area (TPSA) is 33.7 Å². The summed E-state index contributed by atoms with van der Waals surface area (Å²) in [5, 5.41) is 3.08. The van der Waals surface area contributed by atoms with E-state index >= 15 is 0 Å². The van der Waals surface area contributed by atoms with Crippen molar-refractivity contribution in [3.63, 3.8) is 0 Å². The summed E-state index contributed by atoms with van der Waals surface area (Å²) in [7, 11) is 1.88. The maximum absolute atomic E-state index is 12.1. The van der Waals surface area contributed by atoms with Gasteiger partial charge in [0.1, 0.15) is 5.75 Å². The van der Waals surface area contributed by atoms with Crippen molar-refractivity contribution in [3.05, 3.63) is 29.8 Å². The molecule has 0 amide bonds. The van der Waals surface area contributed by atoms with Gasteiger partial charge in [-0.2, -0.15) is 0 Å². The van der Waals surface area contributed by atoms with E-state index in [0.29, 0.717) is 13.2 Å². The Morgan fingerprint density at radius 1 is 1.33 bits per heavy atom. The van der Waals surface area contributed by atoms with Crippen molar-refractivity contribution in [1.29, 1.82) is 0 Å². The fraction of sp³-hybridized carbons (Fsp3) is 0.571. The second-order valence-electron chi connectivity index (χ2n) is 4.98. The fourth-order valence-electron chi connectivity index (χ4n) is 2.33. The van der Waals surface area contributed by atoms with Crippen LogP contribution < -0.4 is 10.1 Å². The molecular weight excluding hydrogens is 285 g/mol. The molecule has 0 aromatic heterocycles. The number of alkyl halides is 3. The van der Waals surface area contributed by atoms with Crippen LogP contribution in [0.15, 0.2) is 24.3 Å². The number of benzene rings is 1. The molecule has 1 fully saturated rings. The van der Waals surface area contributed by atoms with E-state index in [1.807, 2.05) is 7.05 Å². The summed E-state index contributed by atoms with van der Waals surface area (Å²) in [4.78, 5) is 2.23. The summed E-state index contributed by atoms with van der Waals surface area (Å²) in [6.07, 6.45) is -4.50. The van der Waals surface area contributed by atoms with Crippen molar-refractivity contribution in [2.45, 2.75) is 19.0 Å². The molecule has 21 heavy (non-hydrogen) atoms. The largest absolute Gasteiger partial charge is 0.573 e. The lowest BCUT2D eigenvalue weighted by Gasteiger charge is -2.32. The smallest absolute Gasteiger partial charge is 0.406 e. The molecule has 1 atom stereocenters. The van der Waals surface area contributed by atoms with Crippen LogP contribution in [0, 0.1) is 0 Å². The highest BCUT2D eigenvalue weighted by molar-refractivity contribution is 5.27. The highest BCUT2D eigenvalue weighted by Crippen LogP contribution is 2.23. The van der Waals surface area contributed by atoms with Gasteiger partial charge in [-0.15, -0.1) is 13.2 Å². The number of rotatable bonds is 5. The van der Waals surface area contributed by atoms with Crippen LogP contribution in [0.3, 0.4) is 0 Å². The molecule has 4 nitrogen and oxygen atoms in total. The van der Waals surface area contributed by atoms with E-state index in [4.69, 9.17) is 4.74 Å². The van der Waals surface area contributed by atoms with Crippen LogP contribution in [0.25, 0.3) is 0 Å². The Balaban J connectivity index is 1.88. The summed E-state index contributed by atoms with van der Waals surface area (Å²) in [5.74, 6) is -0.193. The van der Waals surface area contributed by atoms with Gasteiger partial charge < -0.3 is 14.8 Å². The number of ether oxygens (including phenoxy) is 2. The first-order chi connectivity index (χ1) is 9.96. The SMILES string of the molecule is CNCC1CN(Cc2ccc(OC(F)(F)F)cc2)CCO1. The third kappa shape index (κ3) is 5.53. The Bertz CT molecular complexity index is 435. The lowest BCUT2D eigenvalue weighted by Crippen LogP contribution is -2.45. The number of hydrogen-bond donors (Lipinski definition) is 1. The predicted octanol–water partition coefficient (Wildman–Crippen LogP) is 2.01. The molecule has 0 bridgehead atoms. The van der Waals surface area contributed by atoms with Crippen LogP contribution in [-0.4, -0.2) is 50.7 Å². The van der Waals surface area contributed by atoms with E-state index in [2.05, 4.69) is 15.0 Å². The minimum Gasteiger partial charge on any atom is -0.406 e. The van der Waals surface area contributed by atoms with Gasteiger partial charge in [-0.25, -0.2) is 0 Å². The molecule has 1 N–H and O–H groups in total. The Labute approximate surface area is 121 Å². The molecule has 1 aliphatic heterocycles. The zero-order chi connectivity index (χ0) is 15.3. The Morgan fingerprint density at radius 2 is 2.05 bits per heavy atom. The lowest BCUT2D eigenvalue weighted by molar-refractivity contribution is -0.274. The van der Waals surface area contributed by atoms with Crippen molar-refractivity contribution in [2.24, 2.45) is 0 Å². The lowest BCUT2D eigenvalue weighted by atomic mass is 10.2. The van der Waals surface area contributed by atoms with E-state index in [1.165, 1.54) is 12.1 Å². The molecular formula is C14H19F3N2O2. The molecule has 1 aliphatic rings. The third-order valence-electron chi connectivity index (χ3n) is 3.22. The second-order valence-corrected chi connectivity index (χ2v) is 4.98. The maximum Gasteiger partial charge on any atom is 0.573 e. The first-order valence-corrected chi connectivity index (χ1v) is 6.79. The highest BCUT2D eigenvalue weighted by atomic mass is 19.4. The molecule has 1 unspecified atom stereocenters. The van der Waals surface area contributed by atoms with E-state index < -0.39 is 6.36 Å². The maximum atomic E-state index is 12.1. The van der Waals surface area contributed by atoms with Crippen LogP contribution >= 0.6 is 0 Å². The van der Waals surface area contributed by atoms with Crippen LogP contribution in [0.5, 0.6) is 5.75 Å². The Morgan fingerprint density at radius 3 is 2.67 bits per heavy atom. The van der Waals surface area contributed by atoms with Gasteiger partial charge in [0.2, 0.25) is 0 Å². The van der Waals surface area contributed by atoms with E-state index in [0.717, 1.165) is 25.2 Å². The first-order valence-electron chi connectivity index (χ1n) is 6.79. The zero-order valence-corrected chi connectivity index (χ0v) is 11.8. The van der Waals surface area contributed by atoms with E-state index in [-0.39, 0.29) is 11.9 Å². The normalized spacial score (nSPS) is 20.5. The molecule has 0 saturated carbocycles. The quantitative estimate of drug-likeness (QED) is 0.902. The summed E-state index contributed by atoms with van der Waals surface area (Å²) in [6, 6.07) is 6.00. The molecule has 0 radical (unpaired) electrons. The molecule has 0 spiro atoms. The number of halogens is 3. The van der Waals surface area contributed by atoms with Crippen molar-refractivity contribution >= 4 is 0 Å². The van der Waals surface area contributed by atoms with Crippen LogP contribution in [0.4, 0.5) is 13.2 Å². The summed E-state index contributed by atoms with van der Waals surface area (Å²) < 4.78 is 45.7. The molecule has 2 rings (SSSR count). The Hall–Kier alpha value is -1.31. The number of nitrogens with one attached hydrogen (secondary N) is 1. The molecule has 1 aromatic carbocycles. The predicted molar refractivity (Wildman–Crippen MR) is 72.1 cm³/mol. The second kappa shape index (κ2) is 7.11. The number of hydrogen-bond acceptors (Lipinski definition) is 4. The van der Waals surface area contributed by atoms with Gasteiger partial charge in [0.05, 0.1) is 12.7 Å². The zero-order valence-electron chi connectivity index (χ0n) is 11.8. The molecule has 118 valence electrons. The summed E-state index contributed by atoms with van der Waals surface area (Å²) in [5.41, 5.74) is 0.953. The molecule has 1 heterocycles. The van der Waals surface area contributed by atoms with Crippen LogP contribution in [0.1, 0.15) is 5.56 Å². The minimum absolute atomic E-state index is 0.150. The first kappa shape index (κ1) is 16.1. The van der Waals surface area contributed by atoms with Gasteiger partial charge >= 0.3 is 6.36 Å². The summed E-state index contributed by atoms with van der Waals surface area (Å²) in [6.45, 7) is 3.77. The van der Waals surface area contributed by atoms with Gasteiger partial charge in [-0.3, -0.25) is 4.90 Å². The van der Waals surface area contributed by atoms with Gasteiger partial charge in [0.15, 0.2) is 0 Å². The average molecular weight is 304 g/mol.